The number of allylic oxidation sites excluding steroid dienone is 4. The summed E-state index contributed by atoms with van der Waals surface area (Å²) in [5.74, 6) is 0. The molecule has 0 N–H and O–H groups in total. The molecular formula is C27H28Si. The van der Waals surface area contributed by atoms with E-state index in [2.05, 4.69) is 99.6 Å². The van der Waals surface area contributed by atoms with Crippen LogP contribution < -0.4 is 5.19 Å². The van der Waals surface area contributed by atoms with Gasteiger partial charge < -0.3 is 0 Å². The summed E-state index contributed by atoms with van der Waals surface area (Å²) in [5, 5.41) is 3.19. The minimum Gasteiger partial charge on any atom is -0.0655 e. The fourth-order valence-corrected chi connectivity index (χ4v) is 6.51. The second kappa shape index (κ2) is 8.16. The minimum atomic E-state index is -0.524. The first-order valence-electron chi connectivity index (χ1n) is 10.2. The SMILES string of the molecule is CC1=C(Cc2ccccc2)C([SiH2]c2ccccc2)=C(c2cc(C)cc(C)c2)C1. The number of hydrogen-bond acceptors (Lipinski definition) is 0. The number of aryl methyl sites for hydroxylation is 2. The molecule has 0 radical (unpaired) electrons. The maximum atomic E-state index is 2.38. The monoisotopic (exact) mass is 380 g/mol. The molecule has 1 aliphatic rings. The highest BCUT2D eigenvalue weighted by Crippen LogP contribution is 2.39. The summed E-state index contributed by atoms with van der Waals surface area (Å²) in [5.41, 5.74) is 10.3. The van der Waals surface area contributed by atoms with Crippen LogP contribution in [0.1, 0.15) is 35.6 Å². The largest absolute Gasteiger partial charge is 0.0882 e. The van der Waals surface area contributed by atoms with Gasteiger partial charge in [0.25, 0.3) is 0 Å². The highest BCUT2D eigenvalue weighted by atomic mass is 28.2. The molecule has 1 heteroatoms. The van der Waals surface area contributed by atoms with E-state index >= 15 is 0 Å². The summed E-state index contributed by atoms with van der Waals surface area (Å²) < 4.78 is 0. The molecule has 0 aliphatic heterocycles. The standard InChI is InChI=1S/C27H28Si/c1-19-14-20(2)16-23(15-19)26-17-21(3)25(18-22-10-6-4-7-11-22)27(26)28-24-12-8-5-9-13-24/h4-16H,17-18,28H2,1-3H3. The molecule has 0 aromatic heterocycles. The Morgan fingerprint density at radius 2 is 1.36 bits per heavy atom. The fourth-order valence-electron chi connectivity index (χ4n) is 4.41. The van der Waals surface area contributed by atoms with Crippen molar-refractivity contribution in [2.24, 2.45) is 0 Å². The van der Waals surface area contributed by atoms with E-state index in [0.29, 0.717) is 0 Å². The van der Waals surface area contributed by atoms with Crippen molar-refractivity contribution in [3.63, 3.8) is 0 Å². The van der Waals surface area contributed by atoms with Crippen LogP contribution in [0.4, 0.5) is 0 Å². The van der Waals surface area contributed by atoms with Crippen LogP contribution in [-0.2, 0) is 6.42 Å². The summed E-state index contributed by atoms with van der Waals surface area (Å²) in [6.45, 7) is 6.77. The van der Waals surface area contributed by atoms with Crippen molar-refractivity contribution < 1.29 is 0 Å². The Balaban J connectivity index is 1.79. The average Bonchev–Trinajstić information content (AvgIpc) is 2.98. The molecule has 0 saturated heterocycles. The molecule has 1 aliphatic carbocycles. The first-order valence-corrected chi connectivity index (χ1v) is 11.6. The Morgan fingerprint density at radius 3 is 2.00 bits per heavy atom. The van der Waals surface area contributed by atoms with E-state index in [1.54, 1.807) is 21.9 Å². The van der Waals surface area contributed by atoms with Crippen molar-refractivity contribution in [1.29, 1.82) is 0 Å². The van der Waals surface area contributed by atoms with Gasteiger partial charge in [-0.3, -0.25) is 0 Å². The maximum Gasteiger partial charge on any atom is 0.0882 e. The minimum absolute atomic E-state index is 0.524. The van der Waals surface area contributed by atoms with Crippen LogP contribution in [0.3, 0.4) is 0 Å². The van der Waals surface area contributed by atoms with Crippen LogP contribution in [0.15, 0.2) is 95.2 Å². The Labute approximate surface area is 171 Å². The van der Waals surface area contributed by atoms with Crippen molar-refractivity contribution >= 4 is 20.3 Å². The highest BCUT2D eigenvalue weighted by molar-refractivity contribution is 6.63. The van der Waals surface area contributed by atoms with Crippen LogP contribution in [0.5, 0.6) is 0 Å². The molecule has 4 rings (SSSR count). The van der Waals surface area contributed by atoms with Crippen molar-refractivity contribution in [2.45, 2.75) is 33.6 Å². The van der Waals surface area contributed by atoms with Gasteiger partial charge in [0, 0.05) is 0 Å². The summed E-state index contributed by atoms with van der Waals surface area (Å²) in [7, 11) is -0.524. The zero-order chi connectivity index (χ0) is 19.5. The lowest BCUT2D eigenvalue weighted by Crippen LogP contribution is -2.18. The molecular weight excluding hydrogens is 352 g/mol. The van der Waals surface area contributed by atoms with Gasteiger partial charge in [-0.1, -0.05) is 106 Å². The third-order valence-electron chi connectivity index (χ3n) is 5.70. The molecule has 0 atom stereocenters. The average molecular weight is 381 g/mol. The molecule has 0 heterocycles. The Kier molecular flexibility index (Phi) is 5.45. The second-order valence-electron chi connectivity index (χ2n) is 8.09. The van der Waals surface area contributed by atoms with Gasteiger partial charge in [-0.05, 0) is 55.9 Å². The first-order chi connectivity index (χ1) is 13.6. The smallest absolute Gasteiger partial charge is 0.0655 e. The van der Waals surface area contributed by atoms with Crippen LogP contribution in [0, 0.1) is 13.8 Å². The highest BCUT2D eigenvalue weighted by Gasteiger charge is 2.23. The van der Waals surface area contributed by atoms with Crippen molar-refractivity contribution in [1.82, 2.24) is 0 Å². The third kappa shape index (κ3) is 4.10. The summed E-state index contributed by atoms with van der Waals surface area (Å²) in [4.78, 5) is 0. The molecule has 0 saturated carbocycles. The normalized spacial score (nSPS) is 14.5. The topological polar surface area (TPSA) is 0 Å². The van der Waals surface area contributed by atoms with Gasteiger partial charge in [0.15, 0.2) is 0 Å². The molecule has 3 aromatic rings. The zero-order valence-corrected chi connectivity index (χ0v) is 18.5. The number of hydrogen-bond donors (Lipinski definition) is 0. The van der Waals surface area contributed by atoms with Crippen molar-refractivity contribution in [2.75, 3.05) is 0 Å². The summed E-state index contributed by atoms with van der Waals surface area (Å²) in [6, 6.07) is 29.1. The van der Waals surface area contributed by atoms with Crippen molar-refractivity contribution in [3.8, 4) is 0 Å². The van der Waals surface area contributed by atoms with Crippen LogP contribution in [-0.4, -0.2) is 9.52 Å². The third-order valence-corrected chi connectivity index (χ3v) is 7.79. The van der Waals surface area contributed by atoms with Gasteiger partial charge in [-0.15, -0.1) is 0 Å². The fraction of sp³-hybridized carbons (Fsp3) is 0.185. The molecule has 0 nitrogen and oxygen atoms in total. The lowest BCUT2D eigenvalue weighted by Gasteiger charge is -2.14. The van der Waals surface area contributed by atoms with E-state index in [-0.39, 0.29) is 0 Å². The molecule has 140 valence electrons. The quantitative estimate of drug-likeness (QED) is 0.515. The van der Waals surface area contributed by atoms with E-state index in [4.69, 9.17) is 0 Å². The molecule has 0 bridgehead atoms. The molecule has 0 fully saturated rings. The van der Waals surface area contributed by atoms with Crippen LogP contribution >= 0.6 is 0 Å². The predicted octanol–water partition coefficient (Wildman–Crippen LogP) is 5.47. The Hall–Kier alpha value is -2.64. The van der Waals surface area contributed by atoms with Crippen LogP contribution in [0.2, 0.25) is 0 Å². The molecule has 0 spiro atoms. The lowest BCUT2D eigenvalue weighted by atomic mass is 9.99. The van der Waals surface area contributed by atoms with E-state index in [1.807, 2.05) is 0 Å². The second-order valence-corrected chi connectivity index (χ2v) is 9.97. The van der Waals surface area contributed by atoms with Crippen LogP contribution in [0.25, 0.3) is 5.57 Å². The molecule has 3 aromatic carbocycles. The summed E-state index contributed by atoms with van der Waals surface area (Å²) in [6.07, 6.45) is 2.15. The van der Waals surface area contributed by atoms with E-state index < -0.39 is 9.52 Å². The van der Waals surface area contributed by atoms with E-state index in [9.17, 15) is 0 Å². The molecule has 28 heavy (non-hydrogen) atoms. The lowest BCUT2D eigenvalue weighted by molar-refractivity contribution is 1.13. The zero-order valence-electron chi connectivity index (χ0n) is 17.1. The van der Waals surface area contributed by atoms with Gasteiger partial charge in [-0.25, -0.2) is 0 Å². The van der Waals surface area contributed by atoms with Gasteiger partial charge in [0.05, 0.1) is 9.52 Å². The Bertz CT molecular complexity index is 1020. The van der Waals surface area contributed by atoms with Gasteiger partial charge in [0.1, 0.15) is 0 Å². The molecule has 0 amide bonds. The maximum absolute atomic E-state index is 2.38. The Morgan fingerprint density at radius 1 is 0.750 bits per heavy atom. The number of benzene rings is 3. The summed E-state index contributed by atoms with van der Waals surface area (Å²) >= 11 is 0. The van der Waals surface area contributed by atoms with Gasteiger partial charge >= 0.3 is 0 Å². The van der Waals surface area contributed by atoms with Gasteiger partial charge in [-0.2, -0.15) is 0 Å². The van der Waals surface area contributed by atoms with E-state index in [0.717, 1.165) is 12.8 Å². The predicted molar refractivity (Wildman–Crippen MR) is 125 cm³/mol. The molecule has 0 unspecified atom stereocenters. The van der Waals surface area contributed by atoms with Crippen molar-refractivity contribution in [3.05, 3.63) is 117 Å². The van der Waals surface area contributed by atoms with Gasteiger partial charge in [0.2, 0.25) is 0 Å². The van der Waals surface area contributed by atoms with E-state index in [1.165, 1.54) is 27.4 Å². The number of rotatable bonds is 5. The first kappa shape index (κ1) is 18.7.